The third-order valence-electron chi connectivity index (χ3n) is 4.49. The molecule has 9 heteroatoms. The lowest BCUT2D eigenvalue weighted by Gasteiger charge is -2.35. The van der Waals surface area contributed by atoms with Gasteiger partial charge in [0.2, 0.25) is 5.91 Å². The molecule has 0 unspecified atom stereocenters. The van der Waals surface area contributed by atoms with E-state index in [1.54, 1.807) is 0 Å². The standard InChI is InChI=1S/C17H22N4O5/c1-17(2)7-10(4-5-26-17)6-13(22)20-21-8-11-14(18-19-15(11)23)12(9-21)16(24)25-3/h8-10H,4-7H2,1-3H3,(H,19,23)(H,20,22)/t10-/m1/s1. The molecule has 0 saturated carbocycles. The number of carbonyl (C=O) groups is 2. The maximum atomic E-state index is 12.4. The molecule has 9 nitrogen and oxygen atoms in total. The number of esters is 1. The molecule has 26 heavy (non-hydrogen) atoms. The summed E-state index contributed by atoms with van der Waals surface area (Å²) in [6.45, 7) is 4.65. The first-order valence-electron chi connectivity index (χ1n) is 8.41. The lowest BCUT2D eigenvalue weighted by atomic mass is 9.86. The van der Waals surface area contributed by atoms with Crippen molar-refractivity contribution in [2.45, 2.75) is 38.7 Å². The van der Waals surface area contributed by atoms with Crippen LogP contribution in [0.3, 0.4) is 0 Å². The number of amides is 1. The minimum absolute atomic E-state index is 0.0934. The second-order valence-corrected chi connectivity index (χ2v) is 7.09. The quantitative estimate of drug-likeness (QED) is 0.788. The Hall–Kier alpha value is -2.68. The molecule has 0 aromatic carbocycles. The van der Waals surface area contributed by atoms with E-state index in [-0.39, 0.29) is 34.2 Å². The van der Waals surface area contributed by atoms with Gasteiger partial charge in [-0.3, -0.25) is 19.7 Å². The van der Waals surface area contributed by atoms with Crippen molar-refractivity contribution in [3.8, 4) is 11.3 Å². The van der Waals surface area contributed by atoms with Crippen molar-refractivity contribution in [1.82, 2.24) is 14.9 Å². The molecule has 0 aromatic heterocycles. The molecule has 3 heterocycles. The van der Waals surface area contributed by atoms with Gasteiger partial charge in [0.05, 0.1) is 18.3 Å². The smallest absolute Gasteiger partial charge is 0.341 e. The average molecular weight is 362 g/mol. The van der Waals surface area contributed by atoms with Gasteiger partial charge in [-0.05, 0) is 32.6 Å². The number of methoxy groups -OCH3 is 1. The molecule has 1 amide bonds. The van der Waals surface area contributed by atoms with E-state index >= 15 is 0 Å². The van der Waals surface area contributed by atoms with Gasteiger partial charge in [0, 0.05) is 25.4 Å². The predicted octanol–water partition coefficient (Wildman–Crippen LogP) is 1.13. The number of fused-ring (bicyclic) bond motifs is 1. The van der Waals surface area contributed by atoms with Gasteiger partial charge in [-0.25, -0.2) is 9.89 Å². The van der Waals surface area contributed by atoms with Crippen molar-refractivity contribution < 1.29 is 19.1 Å². The topological polar surface area (TPSA) is 115 Å². The average Bonchev–Trinajstić information content (AvgIpc) is 2.93. The van der Waals surface area contributed by atoms with Crippen LogP contribution in [0.25, 0.3) is 11.3 Å². The zero-order valence-electron chi connectivity index (χ0n) is 15.0. The number of aromatic nitrogens is 3. The van der Waals surface area contributed by atoms with Gasteiger partial charge in [0.25, 0.3) is 5.56 Å². The van der Waals surface area contributed by atoms with E-state index in [0.717, 1.165) is 12.8 Å². The zero-order valence-corrected chi connectivity index (χ0v) is 15.0. The number of hydrogen-bond acceptors (Lipinski definition) is 6. The van der Waals surface area contributed by atoms with Crippen LogP contribution in [0.4, 0.5) is 0 Å². The summed E-state index contributed by atoms with van der Waals surface area (Å²) in [4.78, 5) is 36.2. The summed E-state index contributed by atoms with van der Waals surface area (Å²) in [7, 11) is 1.24. The number of carbonyl (C=O) groups excluding carboxylic acids is 2. The van der Waals surface area contributed by atoms with Gasteiger partial charge < -0.3 is 9.47 Å². The Morgan fingerprint density at radius 3 is 2.92 bits per heavy atom. The molecule has 2 N–H and O–H groups in total. The highest BCUT2D eigenvalue weighted by Crippen LogP contribution is 2.30. The summed E-state index contributed by atoms with van der Waals surface area (Å²) >= 11 is 0. The Balaban J connectivity index is 1.79. The number of aromatic amines is 1. The Morgan fingerprint density at radius 2 is 2.23 bits per heavy atom. The molecule has 0 aliphatic carbocycles. The molecule has 0 bridgehead atoms. The molecule has 0 radical (unpaired) electrons. The zero-order chi connectivity index (χ0) is 18.9. The summed E-state index contributed by atoms with van der Waals surface area (Å²) in [6, 6.07) is 0. The van der Waals surface area contributed by atoms with Crippen LogP contribution in [0.1, 0.15) is 43.5 Å². The molecule has 0 aromatic rings. The van der Waals surface area contributed by atoms with Crippen molar-refractivity contribution in [2.24, 2.45) is 5.92 Å². The maximum Gasteiger partial charge on any atom is 0.341 e. The van der Waals surface area contributed by atoms with E-state index in [1.807, 2.05) is 13.8 Å². The summed E-state index contributed by atoms with van der Waals surface area (Å²) in [6.07, 6.45) is 4.77. The first kappa shape index (κ1) is 18.1. The van der Waals surface area contributed by atoms with Gasteiger partial charge >= 0.3 is 5.97 Å². The van der Waals surface area contributed by atoms with Gasteiger partial charge in [-0.2, -0.15) is 5.10 Å². The highest BCUT2D eigenvalue weighted by atomic mass is 16.5. The van der Waals surface area contributed by atoms with Crippen molar-refractivity contribution >= 4 is 11.9 Å². The van der Waals surface area contributed by atoms with E-state index in [0.29, 0.717) is 13.0 Å². The highest BCUT2D eigenvalue weighted by molar-refractivity contribution is 5.96. The van der Waals surface area contributed by atoms with Crippen molar-refractivity contribution in [3.63, 3.8) is 0 Å². The second kappa shape index (κ2) is 6.91. The summed E-state index contributed by atoms with van der Waals surface area (Å²) in [5.41, 5.74) is 2.51. The fourth-order valence-electron chi connectivity index (χ4n) is 3.34. The number of nitrogens with zero attached hydrogens (tertiary/aromatic N) is 2. The fraction of sp³-hybridized carbons (Fsp3) is 0.529. The SMILES string of the molecule is COC(=O)c1cn(NC(=O)C[C@H]2CCOC(C)(C)C2)cc2c(=O)[nH]nc1-2. The number of ether oxygens (including phenoxy) is 2. The van der Waals surface area contributed by atoms with Crippen molar-refractivity contribution in [1.29, 1.82) is 0 Å². The normalized spacial score (nSPS) is 19.3. The summed E-state index contributed by atoms with van der Waals surface area (Å²) < 4.78 is 11.7. The minimum atomic E-state index is -0.642. The minimum Gasteiger partial charge on any atom is -0.465 e. The lowest BCUT2D eigenvalue weighted by molar-refractivity contribution is -0.121. The van der Waals surface area contributed by atoms with Gasteiger partial charge in [-0.15, -0.1) is 0 Å². The molecule has 1 atom stereocenters. The van der Waals surface area contributed by atoms with E-state index in [4.69, 9.17) is 9.47 Å². The lowest BCUT2D eigenvalue weighted by Crippen LogP contribution is -2.36. The third kappa shape index (κ3) is 3.77. The number of H-pyrrole nitrogens is 1. The van der Waals surface area contributed by atoms with E-state index in [2.05, 4.69) is 15.6 Å². The predicted molar refractivity (Wildman–Crippen MR) is 92.5 cm³/mol. The van der Waals surface area contributed by atoms with Crippen LogP contribution >= 0.6 is 0 Å². The molecule has 3 aliphatic heterocycles. The molecule has 3 rings (SSSR count). The molecule has 140 valence electrons. The van der Waals surface area contributed by atoms with E-state index in [9.17, 15) is 14.4 Å². The number of pyridine rings is 1. The Labute approximate surface area is 150 Å². The van der Waals surface area contributed by atoms with Crippen LogP contribution in [-0.4, -0.2) is 46.1 Å². The molecule has 3 aliphatic rings. The van der Waals surface area contributed by atoms with E-state index in [1.165, 1.54) is 24.2 Å². The fourth-order valence-corrected chi connectivity index (χ4v) is 3.34. The molecular weight excluding hydrogens is 340 g/mol. The second-order valence-electron chi connectivity index (χ2n) is 7.09. The van der Waals surface area contributed by atoms with Gasteiger partial charge in [-0.1, -0.05) is 0 Å². The largest absolute Gasteiger partial charge is 0.465 e. The maximum absolute atomic E-state index is 12.4. The van der Waals surface area contributed by atoms with Crippen LogP contribution in [0.5, 0.6) is 0 Å². The van der Waals surface area contributed by atoms with Crippen LogP contribution < -0.4 is 11.0 Å². The molecular formula is C17H22N4O5. The third-order valence-corrected chi connectivity index (χ3v) is 4.49. The summed E-state index contributed by atoms with van der Waals surface area (Å²) in [5, 5.41) is 6.14. The Kier molecular flexibility index (Phi) is 4.82. The number of hydrogen-bond donors (Lipinski definition) is 2. The van der Waals surface area contributed by atoms with Gasteiger partial charge in [0.15, 0.2) is 0 Å². The van der Waals surface area contributed by atoms with Crippen molar-refractivity contribution in [3.05, 3.63) is 28.3 Å². The molecule has 0 spiro atoms. The number of rotatable bonds is 4. The molecule has 1 fully saturated rings. The number of nitrogens with one attached hydrogen (secondary N) is 2. The van der Waals surface area contributed by atoms with Crippen LogP contribution in [0.2, 0.25) is 0 Å². The van der Waals surface area contributed by atoms with Crippen molar-refractivity contribution in [2.75, 3.05) is 19.1 Å². The van der Waals surface area contributed by atoms with Crippen LogP contribution in [-0.2, 0) is 14.3 Å². The molecule has 1 saturated heterocycles. The van der Waals surface area contributed by atoms with Gasteiger partial charge in [0.1, 0.15) is 11.3 Å². The summed E-state index contributed by atoms with van der Waals surface area (Å²) in [5.74, 6) is -0.632. The Bertz CT molecular complexity index is 853. The first-order chi connectivity index (χ1) is 12.3. The highest BCUT2D eigenvalue weighted by Gasteiger charge is 2.30. The monoisotopic (exact) mass is 362 g/mol. The Morgan fingerprint density at radius 1 is 1.46 bits per heavy atom. The van der Waals surface area contributed by atoms with Crippen LogP contribution in [0.15, 0.2) is 17.2 Å². The van der Waals surface area contributed by atoms with E-state index < -0.39 is 11.5 Å². The van der Waals surface area contributed by atoms with Crippen LogP contribution in [0, 0.1) is 5.92 Å². The first-order valence-corrected chi connectivity index (χ1v) is 8.41.